The monoisotopic (exact) mass is 284 g/mol. The first kappa shape index (κ1) is 14.7. The highest BCUT2D eigenvalue weighted by Crippen LogP contribution is 2.22. The Kier molecular flexibility index (Phi) is 4.89. The number of amides is 2. The normalized spacial score (nSPS) is 18.9. The first-order valence-corrected chi connectivity index (χ1v) is 6.75. The first-order chi connectivity index (χ1) is 9.61. The Morgan fingerprint density at radius 2 is 2.20 bits per heavy atom. The molecule has 0 aromatic heterocycles. The molecule has 1 saturated heterocycles. The molecule has 110 valence electrons. The maximum atomic E-state index is 13.5. The van der Waals surface area contributed by atoms with Crippen molar-refractivity contribution < 1.29 is 18.7 Å². The molecule has 0 aliphatic carbocycles. The number of nitrogens with one attached hydrogen (secondary N) is 1. The highest BCUT2D eigenvalue weighted by Gasteiger charge is 2.26. The van der Waals surface area contributed by atoms with Crippen LogP contribution in [0.25, 0.3) is 0 Å². The molecule has 6 heteroatoms. The number of aliphatic hydroxyl groups excluding tert-OH is 1. The second-order valence-corrected chi connectivity index (χ2v) is 4.91. The molecule has 1 aliphatic rings. The van der Waals surface area contributed by atoms with Crippen LogP contribution in [-0.2, 0) is 0 Å². The number of nitrogens with zero attached hydrogens (tertiary/aromatic N) is 1. The number of carbonyl (C=O) groups excluding carboxylic acids is 1. The quantitative estimate of drug-likeness (QED) is 0.896. The molecule has 2 rings (SSSR count). The number of likely N-dealkylation sites (tertiary alicyclic amines) is 1. The SMILES string of the molecule is O=C(Nc1ccc(F)cc1F)N1CCCC[C@@H]1CCO. The summed E-state index contributed by atoms with van der Waals surface area (Å²) in [6, 6.07) is 2.59. The molecule has 1 aromatic rings. The van der Waals surface area contributed by atoms with E-state index < -0.39 is 17.7 Å². The van der Waals surface area contributed by atoms with Crippen molar-refractivity contribution in [3.63, 3.8) is 0 Å². The van der Waals surface area contributed by atoms with Crippen molar-refractivity contribution in [2.24, 2.45) is 0 Å². The van der Waals surface area contributed by atoms with E-state index in [1.165, 1.54) is 6.07 Å². The van der Waals surface area contributed by atoms with Gasteiger partial charge in [-0.05, 0) is 37.8 Å². The summed E-state index contributed by atoms with van der Waals surface area (Å²) in [5, 5.41) is 11.5. The molecule has 1 atom stereocenters. The molecule has 0 spiro atoms. The minimum Gasteiger partial charge on any atom is -0.396 e. The van der Waals surface area contributed by atoms with E-state index in [1.807, 2.05) is 0 Å². The molecule has 0 radical (unpaired) electrons. The second-order valence-electron chi connectivity index (χ2n) is 4.91. The zero-order chi connectivity index (χ0) is 14.5. The largest absolute Gasteiger partial charge is 0.396 e. The molecule has 0 saturated carbocycles. The molecule has 2 N–H and O–H groups in total. The Hall–Kier alpha value is -1.69. The van der Waals surface area contributed by atoms with Gasteiger partial charge < -0.3 is 15.3 Å². The van der Waals surface area contributed by atoms with E-state index in [4.69, 9.17) is 5.11 Å². The minimum atomic E-state index is -0.797. The number of hydrogen-bond donors (Lipinski definition) is 2. The molecular weight excluding hydrogens is 266 g/mol. The smallest absolute Gasteiger partial charge is 0.322 e. The molecule has 4 nitrogen and oxygen atoms in total. The summed E-state index contributed by atoms with van der Waals surface area (Å²) in [7, 11) is 0. The third-order valence-electron chi connectivity index (χ3n) is 3.52. The van der Waals surface area contributed by atoms with Gasteiger partial charge in [0.05, 0.1) is 5.69 Å². The standard InChI is InChI=1S/C14H18F2N2O2/c15-10-4-5-13(12(16)9-10)17-14(20)18-7-2-1-3-11(18)6-8-19/h4-5,9,11,19H,1-3,6-8H2,(H,17,20)/t11-/m1/s1. The fraction of sp³-hybridized carbons (Fsp3) is 0.500. The number of halogens is 2. The predicted octanol–water partition coefficient (Wildman–Crippen LogP) is 2.73. The number of carbonyl (C=O) groups is 1. The van der Waals surface area contributed by atoms with Crippen molar-refractivity contribution in [1.82, 2.24) is 4.90 Å². The van der Waals surface area contributed by atoms with E-state index in [-0.39, 0.29) is 18.3 Å². The Bertz CT molecular complexity index is 480. The first-order valence-electron chi connectivity index (χ1n) is 6.75. The van der Waals surface area contributed by atoms with Crippen LogP contribution in [0.5, 0.6) is 0 Å². The number of anilines is 1. The molecule has 20 heavy (non-hydrogen) atoms. The average molecular weight is 284 g/mol. The minimum absolute atomic E-state index is 0.0133. The highest BCUT2D eigenvalue weighted by molar-refractivity contribution is 5.89. The fourth-order valence-corrected chi connectivity index (χ4v) is 2.49. The van der Waals surface area contributed by atoms with Crippen LogP contribution in [-0.4, -0.2) is 35.2 Å². The number of aliphatic hydroxyl groups is 1. The predicted molar refractivity (Wildman–Crippen MR) is 71.4 cm³/mol. The summed E-state index contributed by atoms with van der Waals surface area (Å²) in [5.41, 5.74) is -0.0373. The van der Waals surface area contributed by atoms with Crippen molar-refractivity contribution in [3.8, 4) is 0 Å². The van der Waals surface area contributed by atoms with Crippen molar-refractivity contribution in [3.05, 3.63) is 29.8 Å². The van der Waals surface area contributed by atoms with Crippen molar-refractivity contribution in [2.45, 2.75) is 31.7 Å². The van der Waals surface area contributed by atoms with Gasteiger partial charge in [0, 0.05) is 25.3 Å². The van der Waals surface area contributed by atoms with E-state index in [1.54, 1.807) is 4.90 Å². The van der Waals surface area contributed by atoms with Gasteiger partial charge in [0.2, 0.25) is 0 Å². The van der Waals surface area contributed by atoms with Gasteiger partial charge in [-0.1, -0.05) is 0 Å². The van der Waals surface area contributed by atoms with Gasteiger partial charge in [0.1, 0.15) is 11.6 Å². The average Bonchev–Trinajstić information content (AvgIpc) is 2.43. The Balaban J connectivity index is 2.05. The Morgan fingerprint density at radius 3 is 2.90 bits per heavy atom. The highest BCUT2D eigenvalue weighted by atomic mass is 19.1. The molecular formula is C14H18F2N2O2. The lowest BCUT2D eigenvalue weighted by Crippen LogP contribution is -2.46. The van der Waals surface area contributed by atoms with Crippen LogP contribution in [0.15, 0.2) is 18.2 Å². The molecule has 1 aromatic carbocycles. The summed E-state index contributed by atoms with van der Waals surface area (Å²) in [5.74, 6) is -1.48. The molecule has 0 bridgehead atoms. The van der Waals surface area contributed by atoms with Crippen LogP contribution in [0.3, 0.4) is 0 Å². The zero-order valence-corrected chi connectivity index (χ0v) is 11.1. The molecule has 1 heterocycles. The Labute approximate surface area is 116 Å². The summed E-state index contributed by atoms with van der Waals surface area (Å²) in [6.45, 7) is 0.596. The van der Waals surface area contributed by atoms with Crippen LogP contribution in [0.1, 0.15) is 25.7 Å². The number of piperidine rings is 1. The lowest BCUT2D eigenvalue weighted by molar-refractivity contribution is 0.141. The van der Waals surface area contributed by atoms with E-state index in [0.717, 1.165) is 31.4 Å². The lowest BCUT2D eigenvalue weighted by Gasteiger charge is -2.35. The molecule has 1 aliphatic heterocycles. The van der Waals surface area contributed by atoms with Crippen LogP contribution in [0.4, 0.5) is 19.3 Å². The third-order valence-corrected chi connectivity index (χ3v) is 3.52. The number of hydrogen-bond acceptors (Lipinski definition) is 2. The van der Waals surface area contributed by atoms with Gasteiger partial charge in [0.25, 0.3) is 0 Å². The van der Waals surface area contributed by atoms with Crippen molar-refractivity contribution in [1.29, 1.82) is 0 Å². The fourth-order valence-electron chi connectivity index (χ4n) is 2.49. The van der Waals surface area contributed by atoms with E-state index >= 15 is 0 Å². The molecule has 1 fully saturated rings. The summed E-state index contributed by atoms with van der Waals surface area (Å²) >= 11 is 0. The number of rotatable bonds is 3. The van der Waals surface area contributed by atoms with Gasteiger partial charge in [-0.15, -0.1) is 0 Å². The van der Waals surface area contributed by atoms with E-state index in [2.05, 4.69) is 5.32 Å². The third kappa shape index (κ3) is 3.45. The van der Waals surface area contributed by atoms with Crippen LogP contribution >= 0.6 is 0 Å². The van der Waals surface area contributed by atoms with Crippen LogP contribution < -0.4 is 5.32 Å². The summed E-state index contributed by atoms with van der Waals surface area (Å²) < 4.78 is 26.3. The molecule has 2 amide bonds. The van der Waals surface area contributed by atoms with Gasteiger partial charge in [0.15, 0.2) is 0 Å². The summed E-state index contributed by atoms with van der Waals surface area (Å²) in [4.78, 5) is 13.8. The van der Waals surface area contributed by atoms with E-state index in [9.17, 15) is 13.6 Å². The number of benzene rings is 1. The van der Waals surface area contributed by atoms with E-state index in [0.29, 0.717) is 13.0 Å². The van der Waals surface area contributed by atoms with Gasteiger partial charge in [-0.25, -0.2) is 13.6 Å². The molecule has 0 unspecified atom stereocenters. The maximum Gasteiger partial charge on any atom is 0.322 e. The summed E-state index contributed by atoms with van der Waals surface area (Å²) in [6.07, 6.45) is 3.25. The van der Waals surface area contributed by atoms with Crippen molar-refractivity contribution >= 4 is 11.7 Å². The number of urea groups is 1. The van der Waals surface area contributed by atoms with Crippen molar-refractivity contribution in [2.75, 3.05) is 18.5 Å². The lowest BCUT2D eigenvalue weighted by atomic mass is 10.0. The zero-order valence-electron chi connectivity index (χ0n) is 11.1. The van der Waals surface area contributed by atoms with Gasteiger partial charge in [-0.3, -0.25) is 0 Å². The second kappa shape index (κ2) is 6.65. The van der Waals surface area contributed by atoms with Crippen LogP contribution in [0.2, 0.25) is 0 Å². The van der Waals surface area contributed by atoms with Gasteiger partial charge in [-0.2, -0.15) is 0 Å². The van der Waals surface area contributed by atoms with Crippen LogP contribution in [0, 0.1) is 11.6 Å². The maximum absolute atomic E-state index is 13.5. The Morgan fingerprint density at radius 1 is 1.40 bits per heavy atom. The van der Waals surface area contributed by atoms with Gasteiger partial charge >= 0.3 is 6.03 Å². The topological polar surface area (TPSA) is 52.6 Å².